The maximum absolute atomic E-state index is 14.8. The summed E-state index contributed by atoms with van der Waals surface area (Å²) in [4.78, 5) is 59.6. The van der Waals surface area contributed by atoms with Crippen LogP contribution in [0, 0.1) is 11.8 Å². The van der Waals surface area contributed by atoms with Gasteiger partial charge in [-0.25, -0.2) is 0 Å². The van der Waals surface area contributed by atoms with E-state index in [1.54, 1.807) is 17.1 Å². The van der Waals surface area contributed by atoms with Gasteiger partial charge in [-0.05, 0) is 24.0 Å². The number of carbonyl (C=O) groups is 4. The van der Waals surface area contributed by atoms with Crippen molar-refractivity contribution in [3.63, 3.8) is 0 Å². The molecule has 2 aromatic rings. The van der Waals surface area contributed by atoms with E-state index in [4.69, 9.17) is 9.47 Å². The smallest absolute Gasteiger partial charge is 0.313 e. The number of ether oxygens (including phenoxy) is 2. The maximum atomic E-state index is 14.8. The Labute approximate surface area is 275 Å². The average Bonchev–Trinajstić information content (AvgIpc) is 3.74. The summed E-state index contributed by atoms with van der Waals surface area (Å²) >= 11 is 0. The molecule has 248 valence electrons. The van der Waals surface area contributed by atoms with E-state index in [9.17, 15) is 24.3 Å². The van der Waals surface area contributed by atoms with Gasteiger partial charge in [0, 0.05) is 19.5 Å². The number of rotatable bonds is 8. The Kier molecular flexibility index (Phi) is 9.89. The van der Waals surface area contributed by atoms with E-state index < -0.39 is 60.2 Å². The van der Waals surface area contributed by atoms with Gasteiger partial charge in [-0.1, -0.05) is 105 Å². The average molecular weight is 642 g/mol. The van der Waals surface area contributed by atoms with Crippen molar-refractivity contribution in [2.75, 3.05) is 26.2 Å². The third kappa shape index (κ3) is 6.24. The lowest BCUT2D eigenvalue weighted by atomic mass is 9.74. The number of hydrogen-bond donors (Lipinski definition) is 2. The lowest BCUT2D eigenvalue weighted by Crippen LogP contribution is -2.56. The fraction of sp³-hybridized carbons (Fsp3) is 0.459. The van der Waals surface area contributed by atoms with Gasteiger partial charge in [-0.15, -0.1) is 0 Å². The van der Waals surface area contributed by atoms with Crippen LogP contribution in [0.4, 0.5) is 0 Å². The van der Waals surface area contributed by atoms with Crippen molar-refractivity contribution < 1.29 is 33.8 Å². The molecule has 4 heterocycles. The van der Waals surface area contributed by atoms with Crippen LogP contribution in [0.1, 0.15) is 62.3 Å². The molecule has 47 heavy (non-hydrogen) atoms. The molecule has 2 saturated heterocycles. The molecule has 5 bridgehead atoms. The monoisotopic (exact) mass is 641 g/mol. The van der Waals surface area contributed by atoms with Gasteiger partial charge in [0.1, 0.15) is 23.7 Å². The van der Waals surface area contributed by atoms with Crippen LogP contribution in [0.25, 0.3) is 0 Å². The standard InChI is InChI=1S/C37H43N3O7/c1-2-3-12-21-39-22-13-6-11-18-30(42)38-23-29(26-16-9-5-10-17-26)46-36(45)31-28-19-20-37(47-28)32(31)34(43)40(33(37)35(39)44)27(24-41)25-14-7-4-8-15-25/h4-10,13-17,19-20,27-29,31-33,41H,2-3,11-12,18,21-24H2,1H3,(H,38,42)/b13-6-/t27-,28-,29-,31+,32+,33-,37+/m1/s1. The number of amides is 3. The van der Waals surface area contributed by atoms with Crippen LogP contribution < -0.4 is 5.32 Å². The number of unbranched alkanes of at least 4 members (excludes halogenated alkanes) is 2. The Bertz CT molecular complexity index is 1510. The van der Waals surface area contributed by atoms with E-state index >= 15 is 0 Å². The van der Waals surface area contributed by atoms with Crippen LogP contribution in [0.15, 0.2) is 85.0 Å². The molecule has 0 aliphatic carbocycles. The maximum Gasteiger partial charge on any atom is 0.313 e. The molecular weight excluding hydrogens is 598 g/mol. The molecule has 0 radical (unpaired) electrons. The molecule has 2 aromatic carbocycles. The minimum Gasteiger partial charge on any atom is -0.455 e. The fourth-order valence-electron chi connectivity index (χ4n) is 7.48. The van der Waals surface area contributed by atoms with Crippen molar-refractivity contribution in [1.29, 1.82) is 0 Å². The molecule has 3 amide bonds. The number of benzene rings is 2. The lowest BCUT2D eigenvalue weighted by molar-refractivity contribution is -0.160. The highest BCUT2D eigenvalue weighted by Gasteiger charge is 2.74. The first-order valence-corrected chi connectivity index (χ1v) is 16.7. The minimum atomic E-state index is -1.41. The van der Waals surface area contributed by atoms with Gasteiger partial charge < -0.3 is 29.7 Å². The van der Waals surface area contributed by atoms with Gasteiger partial charge >= 0.3 is 5.97 Å². The van der Waals surface area contributed by atoms with Crippen molar-refractivity contribution in [2.24, 2.45) is 11.8 Å². The third-order valence-electron chi connectivity index (χ3n) is 9.80. The Morgan fingerprint density at radius 1 is 0.979 bits per heavy atom. The van der Waals surface area contributed by atoms with Crippen LogP contribution in [0.5, 0.6) is 0 Å². The summed E-state index contributed by atoms with van der Waals surface area (Å²) in [5.74, 6) is -3.62. The van der Waals surface area contributed by atoms with Crippen LogP contribution in [0.2, 0.25) is 0 Å². The number of nitrogens with zero attached hydrogens (tertiary/aromatic N) is 2. The SMILES string of the molecule is CCCCCN1C/C=C\CCC(=O)NC[C@H](c2ccccc2)OC(=O)[C@@H]2[C@H]3C(=O)N([C@H](CO)c4ccccc4)[C@H](C1=O)[C@]31C=C[C@H]2O1. The zero-order chi connectivity index (χ0) is 33.0. The van der Waals surface area contributed by atoms with Crippen LogP contribution in [-0.4, -0.2) is 82.6 Å². The number of carbonyl (C=O) groups excluding carboxylic acids is 4. The number of allylic oxidation sites excluding steroid dienone is 1. The number of hydrogen-bond acceptors (Lipinski definition) is 7. The summed E-state index contributed by atoms with van der Waals surface area (Å²) in [5.41, 5.74) is -0.0375. The summed E-state index contributed by atoms with van der Waals surface area (Å²) in [6.07, 6.45) is 9.10. The molecule has 2 N–H and O–H groups in total. The van der Waals surface area contributed by atoms with E-state index in [2.05, 4.69) is 12.2 Å². The van der Waals surface area contributed by atoms with Crippen molar-refractivity contribution in [1.82, 2.24) is 15.1 Å². The van der Waals surface area contributed by atoms with E-state index in [-0.39, 0.29) is 31.3 Å². The van der Waals surface area contributed by atoms with Gasteiger partial charge in [-0.3, -0.25) is 19.2 Å². The van der Waals surface area contributed by atoms with Gasteiger partial charge in [0.2, 0.25) is 17.7 Å². The Hall–Kier alpha value is -4.28. The molecule has 4 aliphatic heterocycles. The first-order valence-electron chi connectivity index (χ1n) is 16.7. The van der Waals surface area contributed by atoms with Gasteiger partial charge in [-0.2, -0.15) is 0 Å². The zero-order valence-electron chi connectivity index (χ0n) is 26.7. The summed E-state index contributed by atoms with van der Waals surface area (Å²) < 4.78 is 12.7. The predicted octanol–water partition coefficient (Wildman–Crippen LogP) is 3.64. The molecule has 7 atom stereocenters. The summed E-state index contributed by atoms with van der Waals surface area (Å²) in [7, 11) is 0. The van der Waals surface area contributed by atoms with Gasteiger partial charge in [0.05, 0.1) is 31.2 Å². The quantitative estimate of drug-likeness (QED) is 0.256. The number of aliphatic hydroxyl groups is 1. The van der Waals surface area contributed by atoms with E-state index in [0.29, 0.717) is 24.1 Å². The highest BCUT2D eigenvalue weighted by atomic mass is 16.6. The fourth-order valence-corrected chi connectivity index (χ4v) is 7.48. The lowest BCUT2D eigenvalue weighted by Gasteiger charge is -2.39. The molecule has 0 aromatic heterocycles. The van der Waals surface area contributed by atoms with Crippen molar-refractivity contribution in [3.05, 3.63) is 96.1 Å². The van der Waals surface area contributed by atoms with E-state index in [1.165, 1.54) is 4.90 Å². The highest BCUT2D eigenvalue weighted by molar-refractivity contribution is 5.99. The molecule has 2 fully saturated rings. The highest BCUT2D eigenvalue weighted by Crippen LogP contribution is 2.57. The normalized spacial score (nSPS) is 30.6. The van der Waals surface area contributed by atoms with Gasteiger partial charge in [0.15, 0.2) is 0 Å². The van der Waals surface area contributed by atoms with Crippen molar-refractivity contribution >= 4 is 23.7 Å². The van der Waals surface area contributed by atoms with E-state index in [1.807, 2.05) is 72.8 Å². The second-order valence-electron chi connectivity index (χ2n) is 12.7. The third-order valence-corrected chi connectivity index (χ3v) is 9.80. The minimum absolute atomic E-state index is 0.0647. The van der Waals surface area contributed by atoms with Crippen LogP contribution in [0.3, 0.4) is 0 Å². The Morgan fingerprint density at radius 2 is 1.72 bits per heavy atom. The second-order valence-corrected chi connectivity index (χ2v) is 12.7. The number of fused-ring (bicyclic) bond motifs is 2. The van der Waals surface area contributed by atoms with E-state index in [0.717, 1.165) is 19.3 Å². The summed E-state index contributed by atoms with van der Waals surface area (Å²) in [5, 5.41) is 13.7. The Balaban J connectivity index is 1.44. The summed E-state index contributed by atoms with van der Waals surface area (Å²) in [6.45, 7) is 2.48. The molecular formula is C37H43N3O7. The summed E-state index contributed by atoms with van der Waals surface area (Å²) in [6, 6.07) is 16.3. The predicted molar refractivity (Wildman–Crippen MR) is 173 cm³/mol. The number of esters is 1. The zero-order valence-corrected chi connectivity index (χ0v) is 26.7. The first kappa shape index (κ1) is 32.7. The molecule has 4 aliphatic rings. The molecule has 1 spiro atoms. The molecule has 10 nitrogen and oxygen atoms in total. The van der Waals surface area contributed by atoms with Crippen LogP contribution in [-0.2, 0) is 28.7 Å². The molecule has 6 rings (SSSR count). The number of cyclic esters (lactones) is 1. The number of aliphatic hydroxyl groups excluding tert-OH is 1. The van der Waals surface area contributed by atoms with Crippen molar-refractivity contribution in [3.8, 4) is 0 Å². The van der Waals surface area contributed by atoms with Crippen LogP contribution >= 0.6 is 0 Å². The number of likely N-dealkylation sites (tertiary alicyclic amines) is 1. The largest absolute Gasteiger partial charge is 0.455 e. The topological polar surface area (TPSA) is 125 Å². The van der Waals surface area contributed by atoms with Crippen molar-refractivity contribution in [2.45, 2.75) is 68.9 Å². The molecule has 0 unspecified atom stereocenters. The molecule has 0 saturated carbocycles. The Morgan fingerprint density at radius 3 is 2.45 bits per heavy atom. The number of nitrogens with one attached hydrogen (secondary N) is 1. The van der Waals surface area contributed by atoms with Gasteiger partial charge in [0.25, 0.3) is 0 Å². The molecule has 10 heteroatoms. The first-order chi connectivity index (χ1) is 22.9. The second kappa shape index (κ2) is 14.2.